The standard InChI is InChI=1S/C26H23FN2OS/c1-16-9-11-21(13-18(16)3)28-26-29(22-12-10-17(2)19(4)14-22)25(30)24(31-26)15-20-7-5-6-8-23(20)27/h5-15H,1-4H3/b24-15-,28-26?. The number of benzene rings is 3. The molecule has 3 nitrogen and oxygen atoms in total. The maximum absolute atomic E-state index is 14.2. The molecule has 0 aromatic heterocycles. The second kappa shape index (κ2) is 8.52. The molecule has 0 N–H and O–H groups in total. The molecular weight excluding hydrogens is 407 g/mol. The Kier molecular flexibility index (Phi) is 5.79. The topological polar surface area (TPSA) is 32.7 Å². The zero-order chi connectivity index (χ0) is 22.1. The van der Waals surface area contributed by atoms with Gasteiger partial charge in [0.25, 0.3) is 5.91 Å². The Hall–Kier alpha value is -3.18. The second-order valence-electron chi connectivity index (χ2n) is 7.70. The van der Waals surface area contributed by atoms with E-state index < -0.39 is 0 Å². The first-order valence-electron chi connectivity index (χ1n) is 10.1. The van der Waals surface area contributed by atoms with E-state index in [4.69, 9.17) is 4.99 Å². The Balaban J connectivity index is 1.82. The molecule has 31 heavy (non-hydrogen) atoms. The lowest BCUT2D eigenvalue weighted by Gasteiger charge is -2.17. The van der Waals surface area contributed by atoms with Gasteiger partial charge in [-0.3, -0.25) is 9.69 Å². The summed E-state index contributed by atoms with van der Waals surface area (Å²) in [5, 5.41) is 0.555. The molecule has 3 aromatic rings. The van der Waals surface area contributed by atoms with E-state index in [0.29, 0.717) is 15.6 Å². The summed E-state index contributed by atoms with van der Waals surface area (Å²) in [5.74, 6) is -0.570. The molecule has 0 radical (unpaired) electrons. The number of aryl methyl sites for hydroxylation is 4. The third kappa shape index (κ3) is 4.32. The van der Waals surface area contributed by atoms with E-state index in [9.17, 15) is 9.18 Å². The normalized spacial score (nSPS) is 16.5. The van der Waals surface area contributed by atoms with E-state index in [1.807, 2.05) is 57.2 Å². The summed E-state index contributed by atoms with van der Waals surface area (Å²) >= 11 is 1.26. The molecule has 1 fully saturated rings. The van der Waals surface area contributed by atoms with Crippen LogP contribution in [0.3, 0.4) is 0 Å². The van der Waals surface area contributed by atoms with E-state index in [0.717, 1.165) is 28.1 Å². The lowest BCUT2D eigenvalue weighted by atomic mass is 10.1. The fourth-order valence-electron chi connectivity index (χ4n) is 3.28. The quantitative estimate of drug-likeness (QED) is 0.425. The molecular formula is C26H23FN2OS. The molecule has 0 aliphatic carbocycles. The van der Waals surface area contributed by atoms with Gasteiger partial charge in [-0.1, -0.05) is 30.3 Å². The van der Waals surface area contributed by atoms with Crippen LogP contribution in [0, 0.1) is 33.5 Å². The first-order chi connectivity index (χ1) is 14.8. The number of rotatable bonds is 3. The average molecular weight is 431 g/mol. The van der Waals surface area contributed by atoms with Crippen LogP contribution in [0.25, 0.3) is 6.08 Å². The van der Waals surface area contributed by atoms with Crippen molar-refractivity contribution in [2.75, 3.05) is 4.90 Å². The number of nitrogens with zero attached hydrogens (tertiary/aromatic N) is 2. The van der Waals surface area contributed by atoms with Crippen molar-refractivity contribution in [3.8, 4) is 0 Å². The Morgan fingerprint density at radius 2 is 1.55 bits per heavy atom. The van der Waals surface area contributed by atoms with Gasteiger partial charge in [-0.15, -0.1) is 0 Å². The van der Waals surface area contributed by atoms with Gasteiger partial charge in [0, 0.05) is 5.56 Å². The SMILES string of the molecule is Cc1ccc(N=C2S/C(=C\c3ccccc3F)C(=O)N2c2ccc(C)c(C)c2)cc1C. The third-order valence-electron chi connectivity index (χ3n) is 5.46. The van der Waals surface area contributed by atoms with Crippen LogP contribution in [0.1, 0.15) is 27.8 Å². The Morgan fingerprint density at radius 1 is 0.871 bits per heavy atom. The largest absolute Gasteiger partial charge is 0.271 e. The number of amidine groups is 1. The first kappa shape index (κ1) is 21.1. The molecule has 1 saturated heterocycles. The van der Waals surface area contributed by atoms with Gasteiger partial charge in [0.15, 0.2) is 5.17 Å². The maximum atomic E-state index is 14.2. The molecule has 5 heteroatoms. The number of carbonyl (C=O) groups excluding carboxylic acids is 1. The van der Waals surface area contributed by atoms with Gasteiger partial charge >= 0.3 is 0 Å². The highest BCUT2D eigenvalue weighted by atomic mass is 32.2. The Labute approximate surface area is 186 Å². The van der Waals surface area contributed by atoms with Crippen LogP contribution < -0.4 is 4.90 Å². The van der Waals surface area contributed by atoms with Crippen molar-refractivity contribution in [1.82, 2.24) is 0 Å². The zero-order valence-electron chi connectivity index (χ0n) is 17.9. The van der Waals surface area contributed by atoms with Crippen LogP contribution in [0.4, 0.5) is 15.8 Å². The molecule has 1 aliphatic heterocycles. The number of halogens is 1. The fraction of sp³-hybridized carbons (Fsp3) is 0.154. The highest BCUT2D eigenvalue weighted by Gasteiger charge is 2.35. The van der Waals surface area contributed by atoms with Crippen molar-refractivity contribution in [1.29, 1.82) is 0 Å². The highest BCUT2D eigenvalue weighted by Crippen LogP contribution is 2.38. The maximum Gasteiger partial charge on any atom is 0.271 e. The van der Waals surface area contributed by atoms with Crippen molar-refractivity contribution in [3.05, 3.63) is 99.2 Å². The van der Waals surface area contributed by atoms with Crippen LogP contribution in [-0.2, 0) is 4.79 Å². The summed E-state index contributed by atoms with van der Waals surface area (Å²) in [7, 11) is 0. The molecule has 4 rings (SSSR count). The van der Waals surface area contributed by atoms with Gasteiger partial charge in [-0.05, 0) is 98.1 Å². The van der Waals surface area contributed by atoms with E-state index >= 15 is 0 Å². The summed E-state index contributed by atoms with van der Waals surface area (Å²) in [4.78, 5) is 20.2. The number of amides is 1. The van der Waals surface area contributed by atoms with E-state index in [1.54, 1.807) is 29.2 Å². The van der Waals surface area contributed by atoms with Crippen molar-refractivity contribution >= 4 is 40.3 Å². The number of carbonyl (C=O) groups is 1. The highest BCUT2D eigenvalue weighted by molar-refractivity contribution is 8.19. The van der Waals surface area contributed by atoms with Gasteiger partial charge in [0.05, 0.1) is 16.3 Å². The molecule has 1 aliphatic rings. The monoisotopic (exact) mass is 430 g/mol. The van der Waals surface area contributed by atoms with E-state index in [1.165, 1.54) is 23.4 Å². The third-order valence-corrected chi connectivity index (χ3v) is 6.43. The Bertz CT molecular complexity index is 1250. The summed E-state index contributed by atoms with van der Waals surface area (Å²) in [6.07, 6.45) is 1.60. The van der Waals surface area contributed by atoms with Crippen molar-refractivity contribution < 1.29 is 9.18 Å². The number of anilines is 1. The van der Waals surface area contributed by atoms with Crippen LogP contribution in [0.5, 0.6) is 0 Å². The van der Waals surface area contributed by atoms with Crippen molar-refractivity contribution in [2.45, 2.75) is 27.7 Å². The predicted octanol–water partition coefficient (Wildman–Crippen LogP) is 6.87. The van der Waals surface area contributed by atoms with Crippen molar-refractivity contribution in [3.63, 3.8) is 0 Å². The molecule has 0 bridgehead atoms. The number of hydrogen-bond donors (Lipinski definition) is 0. The lowest BCUT2D eigenvalue weighted by molar-refractivity contribution is -0.113. The lowest BCUT2D eigenvalue weighted by Crippen LogP contribution is -2.28. The van der Waals surface area contributed by atoms with E-state index in [2.05, 4.69) is 6.92 Å². The van der Waals surface area contributed by atoms with Crippen LogP contribution in [0.2, 0.25) is 0 Å². The van der Waals surface area contributed by atoms with E-state index in [-0.39, 0.29) is 11.7 Å². The van der Waals surface area contributed by atoms with Crippen LogP contribution >= 0.6 is 11.8 Å². The number of thioether (sulfide) groups is 1. The molecule has 0 saturated carbocycles. The minimum Gasteiger partial charge on any atom is -0.268 e. The molecule has 0 atom stereocenters. The molecule has 3 aromatic carbocycles. The molecule has 1 amide bonds. The smallest absolute Gasteiger partial charge is 0.268 e. The number of hydrogen-bond acceptors (Lipinski definition) is 3. The van der Waals surface area contributed by atoms with Gasteiger partial charge in [0.2, 0.25) is 0 Å². The molecule has 1 heterocycles. The minimum absolute atomic E-state index is 0.209. The zero-order valence-corrected chi connectivity index (χ0v) is 18.8. The molecule has 0 spiro atoms. The fourth-order valence-corrected chi connectivity index (χ4v) is 4.27. The first-order valence-corrected chi connectivity index (χ1v) is 10.9. The molecule has 0 unspecified atom stereocenters. The summed E-state index contributed by atoms with van der Waals surface area (Å²) in [6.45, 7) is 8.14. The molecule has 156 valence electrons. The minimum atomic E-state index is -0.360. The Morgan fingerprint density at radius 3 is 2.23 bits per heavy atom. The number of aliphatic imine (C=N–C) groups is 1. The van der Waals surface area contributed by atoms with Gasteiger partial charge < -0.3 is 0 Å². The van der Waals surface area contributed by atoms with Crippen molar-refractivity contribution in [2.24, 2.45) is 4.99 Å². The average Bonchev–Trinajstić information content (AvgIpc) is 3.03. The van der Waals surface area contributed by atoms with Crippen LogP contribution in [0.15, 0.2) is 70.6 Å². The predicted molar refractivity (Wildman–Crippen MR) is 128 cm³/mol. The summed E-state index contributed by atoms with van der Waals surface area (Å²) < 4.78 is 14.2. The van der Waals surface area contributed by atoms with Crippen LogP contribution in [-0.4, -0.2) is 11.1 Å². The summed E-state index contributed by atoms with van der Waals surface area (Å²) in [6, 6.07) is 18.3. The second-order valence-corrected chi connectivity index (χ2v) is 8.71. The van der Waals surface area contributed by atoms with Gasteiger partial charge in [-0.2, -0.15) is 0 Å². The summed E-state index contributed by atoms with van der Waals surface area (Å²) in [5.41, 5.74) is 6.47. The van der Waals surface area contributed by atoms with Gasteiger partial charge in [-0.25, -0.2) is 9.38 Å². The van der Waals surface area contributed by atoms with Gasteiger partial charge in [0.1, 0.15) is 5.82 Å².